The van der Waals surface area contributed by atoms with Crippen LogP contribution >= 0.6 is 0 Å². The van der Waals surface area contributed by atoms with E-state index in [1.807, 2.05) is 0 Å². The zero-order chi connectivity index (χ0) is 21.4. The molecule has 0 rings (SSSR count). The maximum Gasteiger partial charge on any atom is 0.305 e. The SMILES string of the molecule is CCCCCCCC/C=C\CCCCCCCC(=O)OCC(CC)CCCCC. The highest BCUT2D eigenvalue weighted by Gasteiger charge is 2.10. The third kappa shape index (κ3) is 21.7. The van der Waals surface area contributed by atoms with Crippen LogP contribution in [0.4, 0.5) is 0 Å². The summed E-state index contributed by atoms with van der Waals surface area (Å²) in [6, 6.07) is 0. The summed E-state index contributed by atoms with van der Waals surface area (Å²) in [6.07, 6.45) is 28.2. The van der Waals surface area contributed by atoms with Crippen molar-refractivity contribution in [1.82, 2.24) is 0 Å². The number of ether oxygens (including phenoxy) is 1. The van der Waals surface area contributed by atoms with Gasteiger partial charge in [-0.1, -0.05) is 110 Å². The molecule has 0 fully saturated rings. The fourth-order valence-electron chi connectivity index (χ4n) is 3.71. The highest BCUT2D eigenvalue weighted by atomic mass is 16.5. The molecule has 0 aliphatic rings. The van der Waals surface area contributed by atoms with Gasteiger partial charge in [-0.25, -0.2) is 0 Å². The number of esters is 1. The van der Waals surface area contributed by atoms with Crippen LogP contribution in [0.15, 0.2) is 12.2 Å². The molecule has 0 bridgehead atoms. The first-order valence-electron chi connectivity index (χ1n) is 13.0. The van der Waals surface area contributed by atoms with Crippen molar-refractivity contribution in [1.29, 1.82) is 0 Å². The van der Waals surface area contributed by atoms with Crippen LogP contribution in [0.5, 0.6) is 0 Å². The van der Waals surface area contributed by atoms with Crippen molar-refractivity contribution in [3.05, 3.63) is 12.2 Å². The standard InChI is InChI=1S/C27H52O2/c1-4-7-9-10-11-12-13-14-15-16-17-18-19-20-22-24-27(28)29-25-26(6-3)23-21-8-5-2/h14-15,26H,4-13,16-25H2,1-3H3/b15-14-. The molecule has 0 aromatic carbocycles. The van der Waals surface area contributed by atoms with Crippen LogP contribution in [0.25, 0.3) is 0 Å². The molecule has 2 nitrogen and oxygen atoms in total. The predicted molar refractivity (Wildman–Crippen MR) is 128 cm³/mol. The first kappa shape index (κ1) is 28.2. The van der Waals surface area contributed by atoms with Crippen LogP contribution in [0, 0.1) is 5.92 Å². The largest absolute Gasteiger partial charge is 0.465 e. The van der Waals surface area contributed by atoms with E-state index in [-0.39, 0.29) is 5.97 Å². The van der Waals surface area contributed by atoms with E-state index in [1.165, 1.54) is 96.3 Å². The highest BCUT2D eigenvalue weighted by Crippen LogP contribution is 2.15. The van der Waals surface area contributed by atoms with Crippen LogP contribution in [0.2, 0.25) is 0 Å². The average Bonchev–Trinajstić information content (AvgIpc) is 2.73. The van der Waals surface area contributed by atoms with Gasteiger partial charge in [0.05, 0.1) is 6.61 Å². The Kier molecular flexibility index (Phi) is 22.8. The fourth-order valence-corrected chi connectivity index (χ4v) is 3.71. The molecule has 0 aromatic heterocycles. The lowest BCUT2D eigenvalue weighted by molar-refractivity contribution is -0.145. The third-order valence-electron chi connectivity index (χ3n) is 5.92. The molecule has 0 N–H and O–H groups in total. The number of hydrogen-bond donors (Lipinski definition) is 0. The Morgan fingerprint density at radius 2 is 1.21 bits per heavy atom. The second kappa shape index (κ2) is 23.5. The lowest BCUT2D eigenvalue weighted by Gasteiger charge is -2.14. The van der Waals surface area contributed by atoms with Gasteiger partial charge in [-0.2, -0.15) is 0 Å². The molecule has 0 amide bonds. The molecular weight excluding hydrogens is 356 g/mol. The van der Waals surface area contributed by atoms with E-state index in [2.05, 4.69) is 32.9 Å². The third-order valence-corrected chi connectivity index (χ3v) is 5.92. The second-order valence-corrected chi connectivity index (χ2v) is 8.79. The van der Waals surface area contributed by atoms with E-state index in [0.717, 1.165) is 19.3 Å². The summed E-state index contributed by atoms with van der Waals surface area (Å²) in [4.78, 5) is 11.9. The molecule has 1 unspecified atom stereocenters. The molecule has 1 atom stereocenters. The Morgan fingerprint density at radius 3 is 1.79 bits per heavy atom. The van der Waals surface area contributed by atoms with Gasteiger partial charge in [-0.3, -0.25) is 4.79 Å². The normalized spacial score (nSPS) is 12.5. The van der Waals surface area contributed by atoms with Crippen LogP contribution < -0.4 is 0 Å². The van der Waals surface area contributed by atoms with Gasteiger partial charge in [0.1, 0.15) is 0 Å². The molecule has 0 aliphatic carbocycles. The number of rotatable bonds is 22. The number of carbonyl (C=O) groups is 1. The summed E-state index contributed by atoms with van der Waals surface area (Å²) in [5.41, 5.74) is 0. The summed E-state index contributed by atoms with van der Waals surface area (Å²) in [6.45, 7) is 7.34. The van der Waals surface area contributed by atoms with Crippen molar-refractivity contribution in [2.45, 2.75) is 143 Å². The minimum absolute atomic E-state index is 0.0107. The average molecular weight is 409 g/mol. The van der Waals surface area contributed by atoms with Crippen LogP contribution in [-0.4, -0.2) is 12.6 Å². The zero-order valence-corrected chi connectivity index (χ0v) is 20.2. The van der Waals surface area contributed by atoms with E-state index in [1.54, 1.807) is 0 Å². The van der Waals surface area contributed by atoms with E-state index in [0.29, 0.717) is 18.9 Å². The smallest absolute Gasteiger partial charge is 0.305 e. The molecule has 0 aliphatic heterocycles. The van der Waals surface area contributed by atoms with Gasteiger partial charge in [0.25, 0.3) is 0 Å². The van der Waals surface area contributed by atoms with Gasteiger partial charge >= 0.3 is 5.97 Å². The van der Waals surface area contributed by atoms with Crippen LogP contribution in [0.1, 0.15) is 143 Å². The van der Waals surface area contributed by atoms with Crippen molar-refractivity contribution < 1.29 is 9.53 Å². The predicted octanol–water partition coefficient (Wildman–Crippen LogP) is 9.17. The monoisotopic (exact) mass is 408 g/mol. The molecule has 0 saturated carbocycles. The Morgan fingerprint density at radius 1 is 0.690 bits per heavy atom. The maximum absolute atomic E-state index is 11.9. The van der Waals surface area contributed by atoms with Gasteiger partial charge in [-0.15, -0.1) is 0 Å². The number of allylic oxidation sites excluding steroid dienone is 2. The van der Waals surface area contributed by atoms with E-state index >= 15 is 0 Å². The lowest BCUT2D eigenvalue weighted by atomic mass is 10.00. The van der Waals surface area contributed by atoms with Crippen molar-refractivity contribution in [3.8, 4) is 0 Å². The molecule has 0 radical (unpaired) electrons. The Labute approximate surface area is 183 Å². The number of carbonyl (C=O) groups excluding carboxylic acids is 1. The molecule has 0 aromatic rings. The summed E-state index contributed by atoms with van der Waals surface area (Å²) in [5, 5.41) is 0. The summed E-state index contributed by atoms with van der Waals surface area (Å²) in [7, 11) is 0. The van der Waals surface area contributed by atoms with Gasteiger partial charge in [0, 0.05) is 6.42 Å². The molecule has 172 valence electrons. The van der Waals surface area contributed by atoms with Crippen LogP contribution in [0.3, 0.4) is 0 Å². The number of unbranched alkanes of at least 4 members (excludes halogenated alkanes) is 13. The number of hydrogen-bond acceptors (Lipinski definition) is 2. The Hall–Kier alpha value is -0.790. The van der Waals surface area contributed by atoms with Crippen molar-refractivity contribution in [3.63, 3.8) is 0 Å². The molecule has 0 spiro atoms. The molecule has 2 heteroatoms. The fraction of sp³-hybridized carbons (Fsp3) is 0.889. The molecule has 29 heavy (non-hydrogen) atoms. The maximum atomic E-state index is 11.9. The minimum Gasteiger partial charge on any atom is -0.465 e. The van der Waals surface area contributed by atoms with Crippen molar-refractivity contribution in [2.24, 2.45) is 5.92 Å². The summed E-state index contributed by atoms with van der Waals surface area (Å²) < 4.78 is 5.50. The topological polar surface area (TPSA) is 26.3 Å². The molecule has 0 heterocycles. The first-order valence-corrected chi connectivity index (χ1v) is 13.0. The van der Waals surface area contributed by atoms with Gasteiger partial charge < -0.3 is 4.74 Å². The Balaban J connectivity index is 3.38. The van der Waals surface area contributed by atoms with Gasteiger partial charge in [0.2, 0.25) is 0 Å². The Bertz CT molecular complexity index is 362. The summed E-state index contributed by atoms with van der Waals surface area (Å²) in [5.74, 6) is 0.566. The lowest BCUT2D eigenvalue weighted by Crippen LogP contribution is -2.13. The quantitative estimate of drug-likeness (QED) is 0.101. The first-order chi connectivity index (χ1) is 14.2. The van der Waals surface area contributed by atoms with Crippen molar-refractivity contribution in [2.75, 3.05) is 6.61 Å². The minimum atomic E-state index is 0.0107. The molecule has 0 saturated heterocycles. The van der Waals surface area contributed by atoms with Gasteiger partial charge in [-0.05, 0) is 44.4 Å². The molecular formula is C27H52O2. The van der Waals surface area contributed by atoms with E-state index in [4.69, 9.17) is 4.74 Å². The van der Waals surface area contributed by atoms with Crippen LogP contribution in [-0.2, 0) is 9.53 Å². The van der Waals surface area contributed by atoms with Crippen molar-refractivity contribution >= 4 is 5.97 Å². The second-order valence-electron chi connectivity index (χ2n) is 8.79. The summed E-state index contributed by atoms with van der Waals surface area (Å²) >= 11 is 0. The van der Waals surface area contributed by atoms with E-state index < -0.39 is 0 Å². The van der Waals surface area contributed by atoms with Gasteiger partial charge in [0.15, 0.2) is 0 Å². The zero-order valence-electron chi connectivity index (χ0n) is 20.2. The highest BCUT2D eigenvalue weighted by molar-refractivity contribution is 5.69. The van der Waals surface area contributed by atoms with E-state index in [9.17, 15) is 4.79 Å².